The zero-order valence-electron chi connectivity index (χ0n) is 18.7. The molecule has 2 aromatic carbocycles. The molecule has 1 fully saturated rings. The number of aliphatic hydroxyl groups is 1. The number of benzene rings is 2. The largest absolute Gasteiger partial charge is 0.461 e. The van der Waals surface area contributed by atoms with Crippen LogP contribution in [0.1, 0.15) is 42.9 Å². The van der Waals surface area contributed by atoms with Gasteiger partial charge in [-0.2, -0.15) is 0 Å². The van der Waals surface area contributed by atoms with Gasteiger partial charge in [0.2, 0.25) is 0 Å². The van der Waals surface area contributed by atoms with E-state index in [0.717, 1.165) is 46.1 Å². The number of Topliss-reactive ketones (excluding diaryl/α,β-unsaturated/α-hetero) is 1. The molecule has 0 spiro atoms. The van der Waals surface area contributed by atoms with Gasteiger partial charge < -0.3 is 9.84 Å². The van der Waals surface area contributed by atoms with Crippen molar-refractivity contribution in [2.45, 2.75) is 37.7 Å². The molecule has 34 heavy (non-hydrogen) atoms. The lowest BCUT2D eigenvalue weighted by Crippen LogP contribution is -2.16. The van der Waals surface area contributed by atoms with E-state index >= 15 is 0 Å². The summed E-state index contributed by atoms with van der Waals surface area (Å²) in [7, 11) is 0. The average Bonchev–Trinajstić information content (AvgIpc) is 3.66. The van der Waals surface area contributed by atoms with Crippen molar-refractivity contribution in [3.05, 3.63) is 84.3 Å². The van der Waals surface area contributed by atoms with Gasteiger partial charge in [-0.15, -0.1) is 0 Å². The second-order valence-corrected chi connectivity index (χ2v) is 8.40. The van der Waals surface area contributed by atoms with Crippen LogP contribution in [0.25, 0.3) is 28.1 Å². The molecule has 0 aliphatic heterocycles. The van der Waals surface area contributed by atoms with E-state index in [1.807, 2.05) is 24.3 Å². The summed E-state index contributed by atoms with van der Waals surface area (Å²) in [6.07, 6.45) is 5.16. The second-order valence-electron chi connectivity index (χ2n) is 8.40. The number of esters is 1. The molecule has 1 unspecified atom stereocenters. The highest BCUT2D eigenvalue weighted by molar-refractivity contribution is 5.99. The number of aromatic nitrogens is 1. The van der Waals surface area contributed by atoms with Crippen LogP contribution in [-0.2, 0) is 14.3 Å². The molecule has 4 rings (SSSR count). The summed E-state index contributed by atoms with van der Waals surface area (Å²) in [6.45, 7) is 3.50. The molecule has 174 valence electrons. The molecule has 1 aromatic heterocycles. The number of fused-ring (bicyclic) bond motifs is 1. The van der Waals surface area contributed by atoms with Crippen molar-refractivity contribution in [3.63, 3.8) is 0 Å². The summed E-state index contributed by atoms with van der Waals surface area (Å²) in [5.41, 5.74) is 4.40. The minimum absolute atomic E-state index is 0.0413. The number of ketones is 1. The van der Waals surface area contributed by atoms with Gasteiger partial charge >= 0.3 is 5.97 Å². The zero-order valence-corrected chi connectivity index (χ0v) is 18.7. The van der Waals surface area contributed by atoms with E-state index in [0.29, 0.717) is 5.92 Å². The van der Waals surface area contributed by atoms with Gasteiger partial charge in [0, 0.05) is 28.9 Å². The highest BCUT2D eigenvalue weighted by Crippen LogP contribution is 2.45. The number of hydrogen-bond acceptors (Lipinski definition) is 5. The molecule has 5 nitrogen and oxygen atoms in total. The Bertz CT molecular complexity index is 1250. The first kappa shape index (κ1) is 23.5. The van der Waals surface area contributed by atoms with E-state index in [4.69, 9.17) is 9.72 Å². The second kappa shape index (κ2) is 10.5. The van der Waals surface area contributed by atoms with Crippen molar-refractivity contribution >= 4 is 28.7 Å². The predicted octanol–water partition coefficient (Wildman–Crippen LogP) is 5.37. The van der Waals surface area contributed by atoms with Crippen LogP contribution in [0, 0.1) is 5.82 Å². The van der Waals surface area contributed by atoms with E-state index in [1.54, 1.807) is 24.3 Å². The van der Waals surface area contributed by atoms with Gasteiger partial charge in [-0.05, 0) is 36.6 Å². The number of carbonyl (C=O) groups excluding carboxylic acids is 2. The molecule has 0 amide bonds. The molecule has 3 aromatic rings. The van der Waals surface area contributed by atoms with E-state index in [9.17, 15) is 19.1 Å². The van der Waals surface area contributed by atoms with Crippen LogP contribution >= 0.6 is 0 Å². The van der Waals surface area contributed by atoms with E-state index < -0.39 is 24.3 Å². The van der Waals surface area contributed by atoms with Gasteiger partial charge in [0.15, 0.2) is 0 Å². The summed E-state index contributed by atoms with van der Waals surface area (Å²) < 4.78 is 18.5. The lowest BCUT2D eigenvalue weighted by molar-refractivity contribution is -0.145. The normalized spacial score (nSPS) is 14.3. The van der Waals surface area contributed by atoms with Crippen LogP contribution in [0.15, 0.2) is 67.3 Å². The van der Waals surface area contributed by atoms with Gasteiger partial charge in [-0.25, -0.2) is 4.39 Å². The third kappa shape index (κ3) is 5.64. The fraction of sp³-hybridized carbons (Fsp3) is 0.250. The number of rotatable bonds is 10. The Hall–Kier alpha value is -3.64. The van der Waals surface area contributed by atoms with Gasteiger partial charge in [-0.1, -0.05) is 55.1 Å². The minimum atomic E-state index is -1.07. The monoisotopic (exact) mass is 459 g/mol. The Morgan fingerprint density at radius 3 is 2.62 bits per heavy atom. The molecule has 0 saturated heterocycles. The number of halogens is 1. The Kier molecular flexibility index (Phi) is 7.28. The van der Waals surface area contributed by atoms with Crippen molar-refractivity contribution < 1.29 is 23.8 Å². The Morgan fingerprint density at radius 2 is 1.91 bits per heavy atom. The van der Waals surface area contributed by atoms with Crippen molar-refractivity contribution in [3.8, 4) is 11.1 Å². The SMILES string of the molecule is C=CCOC(=O)CC(=O)CC(O)C=Cc1c(C2CC2)nc2ccccc2c1-c1ccc(F)cc1. The third-order valence-electron chi connectivity index (χ3n) is 5.68. The predicted molar refractivity (Wildman–Crippen MR) is 130 cm³/mol. The molecular formula is C28H26FNO4. The molecule has 6 heteroatoms. The van der Waals surface area contributed by atoms with Gasteiger partial charge in [0.1, 0.15) is 24.6 Å². The number of carbonyl (C=O) groups is 2. The van der Waals surface area contributed by atoms with Crippen LogP contribution in [0.5, 0.6) is 0 Å². The van der Waals surface area contributed by atoms with Crippen LogP contribution < -0.4 is 0 Å². The van der Waals surface area contributed by atoms with Crippen LogP contribution in [0.3, 0.4) is 0 Å². The maximum atomic E-state index is 13.6. The van der Waals surface area contributed by atoms with E-state index in [1.165, 1.54) is 18.2 Å². The highest BCUT2D eigenvalue weighted by Gasteiger charge is 2.29. The van der Waals surface area contributed by atoms with Gasteiger partial charge in [0.05, 0.1) is 17.3 Å². The Balaban J connectivity index is 1.66. The summed E-state index contributed by atoms with van der Waals surface area (Å²) in [6, 6.07) is 14.1. The summed E-state index contributed by atoms with van der Waals surface area (Å²) in [5.74, 6) is -1.05. The molecule has 1 saturated carbocycles. The number of pyridine rings is 1. The Morgan fingerprint density at radius 1 is 1.18 bits per heavy atom. The fourth-order valence-corrected chi connectivity index (χ4v) is 3.95. The number of aliphatic hydroxyl groups excluding tert-OH is 1. The number of nitrogens with zero attached hydrogens (tertiary/aromatic N) is 1. The van der Waals surface area contributed by atoms with Crippen LogP contribution in [0.2, 0.25) is 0 Å². The summed E-state index contributed by atoms with van der Waals surface area (Å²) in [5, 5.41) is 11.4. The molecular weight excluding hydrogens is 433 g/mol. The number of para-hydroxylation sites is 1. The van der Waals surface area contributed by atoms with E-state index in [-0.39, 0.29) is 18.8 Å². The lowest BCUT2D eigenvalue weighted by Gasteiger charge is -2.16. The molecule has 1 heterocycles. The number of hydrogen-bond donors (Lipinski definition) is 1. The molecule has 0 radical (unpaired) electrons. The average molecular weight is 460 g/mol. The molecule has 1 N–H and O–H groups in total. The van der Waals surface area contributed by atoms with Crippen molar-refractivity contribution in [1.29, 1.82) is 0 Å². The first-order chi connectivity index (χ1) is 16.5. The molecule has 1 atom stereocenters. The van der Waals surface area contributed by atoms with Crippen molar-refractivity contribution in [2.75, 3.05) is 6.61 Å². The highest BCUT2D eigenvalue weighted by atomic mass is 19.1. The smallest absolute Gasteiger partial charge is 0.313 e. The first-order valence-corrected chi connectivity index (χ1v) is 11.3. The van der Waals surface area contributed by atoms with Gasteiger partial charge in [-0.3, -0.25) is 14.6 Å². The fourth-order valence-electron chi connectivity index (χ4n) is 3.95. The standard InChI is InChI=1S/C28H26FNO4/c1-2-15-34-26(33)17-22(32)16-21(31)13-14-24-27(18-9-11-20(29)12-10-18)23-5-3-4-6-25(23)30-28(24)19-7-8-19/h2-6,9-14,19,21,31H,1,7-8,15-17H2. The van der Waals surface area contributed by atoms with Crippen molar-refractivity contribution in [2.24, 2.45) is 0 Å². The number of ether oxygens (including phenoxy) is 1. The van der Waals surface area contributed by atoms with E-state index in [2.05, 4.69) is 6.58 Å². The molecule has 1 aliphatic rings. The summed E-state index contributed by atoms with van der Waals surface area (Å²) in [4.78, 5) is 28.7. The molecule has 0 bridgehead atoms. The zero-order chi connectivity index (χ0) is 24.1. The topological polar surface area (TPSA) is 76.5 Å². The quantitative estimate of drug-likeness (QED) is 0.251. The maximum Gasteiger partial charge on any atom is 0.313 e. The Labute approximate surface area is 197 Å². The first-order valence-electron chi connectivity index (χ1n) is 11.3. The van der Waals surface area contributed by atoms with Crippen LogP contribution in [-0.4, -0.2) is 34.6 Å². The molecule has 1 aliphatic carbocycles. The maximum absolute atomic E-state index is 13.6. The van der Waals surface area contributed by atoms with Crippen LogP contribution in [0.4, 0.5) is 4.39 Å². The summed E-state index contributed by atoms with van der Waals surface area (Å²) >= 11 is 0. The van der Waals surface area contributed by atoms with Gasteiger partial charge in [0.25, 0.3) is 0 Å². The minimum Gasteiger partial charge on any atom is -0.461 e. The van der Waals surface area contributed by atoms with Crippen molar-refractivity contribution in [1.82, 2.24) is 4.98 Å². The third-order valence-corrected chi connectivity index (χ3v) is 5.68. The lowest BCUT2D eigenvalue weighted by atomic mass is 9.92.